The van der Waals surface area contributed by atoms with Crippen molar-refractivity contribution in [2.75, 3.05) is 16.8 Å². The smallest absolute Gasteiger partial charge is 0.223 e. The number of fused-ring (bicyclic) bond motifs is 1. The number of hydrogen-bond acceptors (Lipinski definition) is 5. The van der Waals surface area contributed by atoms with E-state index in [0.717, 1.165) is 18.5 Å². The summed E-state index contributed by atoms with van der Waals surface area (Å²) in [5, 5.41) is 3.30. The Bertz CT molecular complexity index is 589. The number of benzene rings is 1. The molecule has 0 atom stereocenters. The topological polar surface area (TPSA) is 89.8 Å². The van der Waals surface area contributed by atoms with E-state index in [0.29, 0.717) is 11.6 Å². The van der Waals surface area contributed by atoms with Crippen molar-refractivity contribution in [3.05, 3.63) is 35.4 Å². The van der Waals surface area contributed by atoms with Crippen LogP contribution >= 0.6 is 0 Å². The Kier molecular flexibility index (Phi) is 2.95. The maximum Gasteiger partial charge on any atom is 0.223 e. The van der Waals surface area contributed by atoms with Gasteiger partial charge in [0.2, 0.25) is 5.95 Å². The Balaban J connectivity index is 1.95. The van der Waals surface area contributed by atoms with E-state index >= 15 is 0 Å². The molecule has 0 unspecified atom stereocenters. The van der Waals surface area contributed by atoms with Crippen LogP contribution in [0.5, 0.6) is 0 Å². The summed E-state index contributed by atoms with van der Waals surface area (Å²) in [4.78, 5) is 8.02. The van der Waals surface area contributed by atoms with Gasteiger partial charge in [-0.1, -0.05) is 12.1 Å². The predicted octanol–water partition coefficient (Wildman–Crippen LogP) is 2.26. The van der Waals surface area contributed by atoms with E-state index in [-0.39, 0.29) is 5.95 Å². The van der Waals surface area contributed by atoms with Crippen molar-refractivity contribution in [1.29, 1.82) is 0 Å². The molecule has 0 radical (unpaired) electrons. The van der Waals surface area contributed by atoms with Gasteiger partial charge in [0.25, 0.3) is 0 Å². The fraction of sp³-hybridized carbons (Fsp3) is 0.286. The number of nitrogen functional groups attached to an aromatic ring is 2. The standard InChI is InChI=1S/C14H17N5/c15-12-8-13(19-14(16)18-12)17-11-7-3-5-9-4-1-2-6-10(9)11/h3,5,7-8H,1-2,4,6H2,(H5,15,16,17,18,19). The Morgan fingerprint density at radius 3 is 2.74 bits per heavy atom. The van der Waals surface area contributed by atoms with E-state index in [1.807, 2.05) is 0 Å². The van der Waals surface area contributed by atoms with Gasteiger partial charge in [-0.3, -0.25) is 0 Å². The largest absolute Gasteiger partial charge is 0.383 e. The minimum atomic E-state index is 0.187. The first-order valence-electron chi connectivity index (χ1n) is 6.50. The zero-order valence-electron chi connectivity index (χ0n) is 10.7. The highest BCUT2D eigenvalue weighted by Gasteiger charge is 2.13. The lowest BCUT2D eigenvalue weighted by atomic mass is 9.90. The van der Waals surface area contributed by atoms with E-state index in [1.165, 1.54) is 24.0 Å². The van der Waals surface area contributed by atoms with Crippen molar-refractivity contribution in [3.8, 4) is 0 Å². The molecule has 1 aromatic carbocycles. The van der Waals surface area contributed by atoms with Crippen molar-refractivity contribution in [2.45, 2.75) is 25.7 Å². The number of aryl methyl sites for hydroxylation is 1. The van der Waals surface area contributed by atoms with Gasteiger partial charge in [-0.05, 0) is 42.9 Å². The van der Waals surface area contributed by atoms with Crippen LogP contribution in [-0.2, 0) is 12.8 Å². The fourth-order valence-corrected chi connectivity index (χ4v) is 2.59. The van der Waals surface area contributed by atoms with Crippen molar-refractivity contribution in [3.63, 3.8) is 0 Å². The van der Waals surface area contributed by atoms with Crippen molar-refractivity contribution < 1.29 is 0 Å². The van der Waals surface area contributed by atoms with Gasteiger partial charge in [0.15, 0.2) is 0 Å². The van der Waals surface area contributed by atoms with Gasteiger partial charge in [0.1, 0.15) is 11.6 Å². The first kappa shape index (κ1) is 11.8. The molecular formula is C14H17N5. The number of hydrogen-bond donors (Lipinski definition) is 3. The molecule has 0 bridgehead atoms. The van der Waals surface area contributed by atoms with Crippen molar-refractivity contribution in [1.82, 2.24) is 9.97 Å². The van der Waals surface area contributed by atoms with Crippen molar-refractivity contribution >= 4 is 23.3 Å². The lowest BCUT2D eigenvalue weighted by Gasteiger charge is -2.20. The summed E-state index contributed by atoms with van der Waals surface area (Å²) in [5.41, 5.74) is 15.2. The third-order valence-corrected chi connectivity index (χ3v) is 3.42. The van der Waals surface area contributed by atoms with Crippen LogP contribution in [0.3, 0.4) is 0 Å². The Labute approximate surface area is 112 Å². The highest BCUT2D eigenvalue weighted by atomic mass is 15.1. The molecule has 0 spiro atoms. The number of nitrogens with one attached hydrogen (secondary N) is 1. The number of nitrogens with two attached hydrogens (primary N) is 2. The maximum absolute atomic E-state index is 5.68. The van der Waals surface area contributed by atoms with Crippen molar-refractivity contribution in [2.24, 2.45) is 0 Å². The molecule has 0 saturated heterocycles. The van der Waals surface area contributed by atoms with Crippen LogP contribution in [0.4, 0.5) is 23.3 Å². The summed E-state index contributed by atoms with van der Waals surface area (Å²) in [7, 11) is 0. The fourth-order valence-electron chi connectivity index (χ4n) is 2.59. The minimum Gasteiger partial charge on any atom is -0.383 e. The van der Waals surface area contributed by atoms with Gasteiger partial charge in [0.05, 0.1) is 0 Å². The van der Waals surface area contributed by atoms with Crippen LogP contribution in [-0.4, -0.2) is 9.97 Å². The molecule has 1 heterocycles. The molecule has 1 aliphatic carbocycles. The molecule has 0 fully saturated rings. The average Bonchev–Trinajstić information content (AvgIpc) is 2.38. The van der Waals surface area contributed by atoms with Gasteiger partial charge >= 0.3 is 0 Å². The van der Waals surface area contributed by atoms with E-state index in [1.54, 1.807) is 6.07 Å². The Morgan fingerprint density at radius 2 is 1.89 bits per heavy atom. The molecule has 1 aliphatic rings. The van der Waals surface area contributed by atoms with E-state index in [4.69, 9.17) is 11.5 Å². The first-order valence-corrected chi connectivity index (χ1v) is 6.50. The van der Waals surface area contributed by atoms with Crippen LogP contribution in [0, 0.1) is 0 Å². The molecule has 0 saturated carbocycles. The number of anilines is 4. The lowest BCUT2D eigenvalue weighted by Crippen LogP contribution is -2.08. The van der Waals surface area contributed by atoms with Gasteiger partial charge in [-0.25, -0.2) is 0 Å². The third kappa shape index (κ3) is 2.45. The van der Waals surface area contributed by atoms with Crippen LogP contribution < -0.4 is 16.8 Å². The monoisotopic (exact) mass is 255 g/mol. The van der Waals surface area contributed by atoms with Gasteiger partial charge in [0, 0.05) is 11.8 Å². The number of nitrogens with zero attached hydrogens (tertiary/aromatic N) is 2. The maximum atomic E-state index is 5.68. The second-order valence-electron chi connectivity index (χ2n) is 4.81. The molecular weight excluding hydrogens is 238 g/mol. The average molecular weight is 255 g/mol. The molecule has 5 heteroatoms. The summed E-state index contributed by atoms with van der Waals surface area (Å²) in [6, 6.07) is 8.03. The van der Waals surface area contributed by atoms with Gasteiger partial charge < -0.3 is 16.8 Å². The molecule has 5 nitrogen and oxygen atoms in total. The molecule has 3 rings (SSSR count). The van der Waals surface area contributed by atoms with E-state index in [2.05, 4.69) is 33.5 Å². The third-order valence-electron chi connectivity index (χ3n) is 3.42. The first-order chi connectivity index (χ1) is 9.22. The summed E-state index contributed by atoms with van der Waals surface area (Å²) < 4.78 is 0. The van der Waals surface area contributed by atoms with Crippen LogP contribution in [0.1, 0.15) is 24.0 Å². The highest BCUT2D eigenvalue weighted by molar-refractivity contribution is 5.65. The zero-order valence-corrected chi connectivity index (χ0v) is 10.7. The minimum absolute atomic E-state index is 0.187. The molecule has 19 heavy (non-hydrogen) atoms. The zero-order chi connectivity index (χ0) is 13.2. The Hall–Kier alpha value is -2.30. The SMILES string of the molecule is Nc1cc(Nc2cccc3c2CCCC3)nc(N)n1. The van der Waals surface area contributed by atoms with Crippen LogP contribution in [0.25, 0.3) is 0 Å². The predicted molar refractivity (Wildman–Crippen MR) is 77.2 cm³/mol. The van der Waals surface area contributed by atoms with E-state index in [9.17, 15) is 0 Å². The van der Waals surface area contributed by atoms with Crippen LogP contribution in [0.2, 0.25) is 0 Å². The normalized spacial score (nSPS) is 13.9. The summed E-state index contributed by atoms with van der Waals surface area (Å²) in [6.45, 7) is 0. The van der Waals surface area contributed by atoms with Gasteiger partial charge in [-0.15, -0.1) is 0 Å². The Morgan fingerprint density at radius 1 is 1.05 bits per heavy atom. The molecule has 2 aromatic rings. The molecule has 0 aliphatic heterocycles. The van der Waals surface area contributed by atoms with E-state index < -0.39 is 0 Å². The molecule has 0 amide bonds. The molecule has 1 aromatic heterocycles. The summed E-state index contributed by atoms with van der Waals surface area (Å²) in [6.07, 6.45) is 4.76. The second-order valence-corrected chi connectivity index (χ2v) is 4.81. The quantitative estimate of drug-likeness (QED) is 0.765. The summed E-state index contributed by atoms with van der Waals surface area (Å²) in [5.74, 6) is 1.20. The van der Waals surface area contributed by atoms with Gasteiger partial charge in [-0.2, -0.15) is 9.97 Å². The highest BCUT2D eigenvalue weighted by Crippen LogP contribution is 2.29. The van der Waals surface area contributed by atoms with Crippen LogP contribution in [0.15, 0.2) is 24.3 Å². The summed E-state index contributed by atoms with van der Waals surface area (Å²) >= 11 is 0. The number of rotatable bonds is 2. The lowest BCUT2D eigenvalue weighted by molar-refractivity contribution is 0.687. The number of aromatic nitrogens is 2. The second kappa shape index (κ2) is 4.76. The molecule has 5 N–H and O–H groups in total. The molecule has 98 valence electrons.